The summed E-state index contributed by atoms with van der Waals surface area (Å²) in [7, 11) is -4.16. The molecule has 1 amide bonds. The quantitative estimate of drug-likeness (QED) is 0.197. The molecular weight excluding hydrogens is 562 g/mol. The van der Waals surface area contributed by atoms with Gasteiger partial charge < -0.3 is 4.57 Å². The van der Waals surface area contributed by atoms with E-state index in [0.29, 0.717) is 16.9 Å². The smallest absolute Gasteiger partial charge is 0.264 e. The maximum atomic E-state index is 14.4. The molecule has 0 atom stereocenters. The Hall–Kier alpha value is -3.66. The van der Waals surface area contributed by atoms with Crippen molar-refractivity contribution in [2.45, 2.75) is 25.7 Å². The van der Waals surface area contributed by atoms with E-state index in [1.165, 1.54) is 42.6 Å². The molecule has 0 radical (unpaired) electrons. The van der Waals surface area contributed by atoms with Gasteiger partial charge in [-0.05, 0) is 69.3 Å². The van der Waals surface area contributed by atoms with Crippen molar-refractivity contribution in [2.75, 3.05) is 10.8 Å². The molecule has 0 unspecified atom stereocenters. The van der Waals surface area contributed by atoms with Crippen molar-refractivity contribution in [1.29, 1.82) is 0 Å². The third kappa shape index (κ3) is 6.33. The molecule has 1 aromatic heterocycles. The molecule has 0 aliphatic rings. The topological polar surface area (TPSA) is 83.8 Å². The van der Waals surface area contributed by atoms with E-state index in [1.807, 2.05) is 13.8 Å². The maximum absolute atomic E-state index is 14.4. The molecule has 0 spiro atoms. The zero-order valence-corrected chi connectivity index (χ0v) is 23.6. The van der Waals surface area contributed by atoms with Gasteiger partial charge in [-0.2, -0.15) is 5.10 Å². The van der Waals surface area contributed by atoms with Gasteiger partial charge in [0.1, 0.15) is 12.4 Å². The number of carbonyl (C=O) groups excluding carboxylic acids is 1. The standard InChI is InChI=1S/C28H25Cl2FN4O3S/c1-18-8-10-25(11-9-18)39(37,38)34(24-14-22(29)13-23(30)15-24)17-28(36)33-32-16-21-12-19(2)35(20(21)3)27-7-5-4-6-26(27)31/h4-16H,17H2,1-3H3,(H,33,36)/b32-16-. The molecule has 0 fully saturated rings. The molecule has 1 N–H and O–H groups in total. The van der Waals surface area contributed by atoms with Crippen molar-refractivity contribution in [3.8, 4) is 5.69 Å². The maximum Gasteiger partial charge on any atom is 0.264 e. The molecule has 0 aliphatic heterocycles. The molecule has 0 aliphatic carbocycles. The summed E-state index contributed by atoms with van der Waals surface area (Å²) < 4.78 is 44.1. The Bertz CT molecular complexity index is 1650. The number of halogens is 3. The summed E-state index contributed by atoms with van der Waals surface area (Å²) >= 11 is 12.3. The fourth-order valence-electron chi connectivity index (χ4n) is 4.10. The van der Waals surface area contributed by atoms with Crippen LogP contribution in [0.4, 0.5) is 10.1 Å². The van der Waals surface area contributed by atoms with Crippen LogP contribution in [0.25, 0.3) is 5.69 Å². The van der Waals surface area contributed by atoms with E-state index in [2.05, 4.69) is 10.5 Å². The highest BCUT2D eigenvalue weighted by Crippen LogP contribution is 2.30. The summed E-state index contributed by atoms with van der Waals surface area (Å²) in [4.78, 5) is 12.9. The van der Waals surface area contributed by atoms with Gasteiger partial charge in [0, 0.05) is 27.0 Å². The van der Waals surface area contributed by atoms with Gasteiger partial charge in [0.05, 0.1) is 22.5 Å². The van der Waals surface area contributed by atoms with Gasteiger partial charge in [-0.15, -0.1) is 0 Å². The van der Waals surface area contributed by atoms with E-state index in [9.17, 15) is 17.6 Å². The summed E-state index contributed by atoms with van der Waals surface area (Å²) in [5, 5.41) is 4.44. The first-order valence-corrected chi connectivity index (χ1v) is 14.0. The summed E-state index contributed by atoms with van der Waals surface area (Å²) in [6, 6.07) is 18.8. The second-order valence-corrected chi connectivity index (χ2v) is 11.6. The zero-order chi connectivity index (χ0) is 28.3. The van der Waals surface area contributed by atoms with Crippen LogP contribution in [0.5, 0.6) is 0 Å². The first-order chi connectivity index (χ1) is 18.5. The molecule has 202 valence electrons. The molecule has 0 saturated heterocycles. The number of sulfonamides is 1. The predicted octanol–water partition coefficient (Wildman–Crippen LogP) is 6.19. The SMILES string of the molecule is Cc1ccc(S(=O)(=O)N(CC(=O)N/N=C\c2cc(C)n(-c3ccccc3F)c2C)c2cc(Cl)cc(Cl)c2)cc1. The van der Waals surface area contributed by atoms with Crippen molar-refractivity contribution in [3.05, 3.63) is 111 Å². The highest BCUT2D eigenvalue weighted by atomic mass is 35.5. The third-order valence-corrected chi connectivity index (χ3v) is 8.21. The number of nitrogens with zero attached hydrogens (tertiary/aromatic N) is 3. The van der Waals surface area contributed by atoms with E-state index in [4.69, 9.17) is 23.2 Å². The Labute approximate surface area is 236 Å². The lowest BCUT2D eigenvalue weighted by molar-refractivity contribution is -0.119. The number of nitrogens with one attached hydrogen (secondary N) is 1. The van der Waals surface area contributed by atoms with Gasteiger partial charge in [-0.25, -0.2) is 18.2 Å². The second-order valence-electron chi connectivity index (χ2n) is 8.86. The summed E-state index contributed by atoms with van der Waals surface area (Å²) in [6.07, 6.45) is 1.42. The molecular formula is C28H25Cl2FN4O3S. The molecule has 39 heavy (non-hydrogen) atoms. The minimum atomic E-state index is -4.16. The number of para-hydroxylation sites is 1. The number of hydrogen-bond acceptors (Lipinski definition) is 4. The third-order valence-electron chi connectivity index (χ3n) is 5.99. The Kier molecular flexibility index (Phi) is 8.44. The molecule has 0 saturated carbocycles. The van der Waals surface area contributed by atoms with Crippen LogP contribution in [0.1, 0.15) is 22.5 Å². The van der Waals surface area contributed by atoms with Crippen LogP contribution in [0, 0.1) is 26.6 Å². The van der Waals surface area contributed by atoms with Gasteiger partial charge >= 0.3 is 0 Å². The Morgan fingerprint density at radius 2 is 1.64 bits per heavy atom. The normalized spacial score (nSPS) is 11.6. The van der Waals surface area contributed by atoms with Crippen molar-refractivity contribution < 1.29 is 17.6 Å². The van der Waals surface area contributed by atoms with Crippen LogP contribution >= 0.6 is 23.2 Å². The number of aromatic nitrogens is 1. The van der Waals surface area contributed by atoms with Crippen molar-refractivity contribution in [3.63, 3.8) is 0 Å². The van der Waals surface area contributed by atoms with Crippen LogP contribution in [0.3, 0.4) is 0 Å². The number of rotatable bonds is 8. The first kappa shape index (κ1) is 28.4. The monoisotopic (exact) mass is 586 g/mol. The predicted molar refractivity (Wildman–Crippen MR) is 153 cm³/mol. The summed E-state index contributed by atoms with van der Waals surface area (Å²) in [6.45, 7) is 4.89. The number of anilines is 1. The summed E-state index contributed by atoms with van der Waals surface area (Å²) in [5.41, 5.74) is 5.93. The summed E-state index contributed by atoms with van der Waals surface area (Å²) in [5.74, 6) is -1.06. The number of hydrazone groups is 1. The van der Waals surface area contributed by atoms with Crippen molar-refractivity contribution in [2.24, 2.45) is 5.10 Å². The van der Waals surface area contributed by atoms with E-state index < -0.39 is 22.5 Å². The van der Waals surface area contributed by atoms with Gasteiger partial charge in [0.15, 0.2) is 0 Å². The zero-order valence-electron chi connectivity index (χ0n) is 21.3. The van der Waals surface area contributed by atoms with Crippen molar-refractivity contribution >= 4 is 51.0 Å². The lowest BCUT2D eigenvalue weighted by Gasteiger charge is -2.24. The largest absolute Gasteiger partial charge is 0.315 e. The van der Waals surface area contributed by atoms with Crippen molar-refractivity contribution in [1.82, 2.24) is 9.99 Å². The van der Waals surface area contributed by atoms with Gasteiger partial charge in [-0.1, -0.05) is 53.0 Å². The fourth-order valence-corrected chi connectivity index (χ4v) is 6.02. The first-order valence-electron chi connectivity index (χ1n) is 11.8. The van der Waals surface area contributed by atoms with Gasteiger partial charge in [0.25, 0.3) is 15.9 Å². The minimum Gasteiger partial charge on any atom is -0.315 e. The average molecular weight is 588 g/mol. The second kappa shape index (κ2) is 11.6. The minimum absolute atomic E-state index is 0.00100. The highest BCUT2D eigenvalue weighted by Gasteiger charge is 2.28. The lowest BCUT2D eigenvalue weighted by Crippen LogP contribution is -2.39. The number of benzene rings is 3. The van der Waals surface area contributed by atoms with Crippen LogP contribution in [-0.4, -0.2) is 31.7 Å². The van der Waals surface area contributed by atoms with Gasteiger partial charge in [-0.3, -0.25) is 9.10 Å². The van der Waals surface area contributed by atoms with E-state index >= 15 is 0 Å². The number of amides is 1. The number of aryl methyl sites for hydroxylation is 2. The Morgan fingerprint density at radius 1 is 1.00 bits per heavy atom. The highest BCUT2D eigenvalue weighted by molar-refractivity contribution is 7.92. The van der Waals surface area contributed by atoms with E-state index in [1.54, 1.807) is 47.9 Å². The molecule has 1 heterocycles. The Balaban J connectivity index is 1.58. The molecule has 7 nitrogen and oxygen atoms in total. The molecule has 11 heteroatoms. The molecule has 4 aromatic rings. The van der Waals surface area contributed by atoms with E-state index in [0.717, 1.165) is 15.6 Å². The van der Waals surface area contributed by atoms with Crippen LogP contribution in [0.2, 0.25) is 10.0 Å². The van der Waals surface area contributed by atoms with Crippen LogP contribution < -0.4 is 9.73 Å². The van der Waals surface area contributed by atoms with Crippen LogP contribution in [-0.2, 0) is 14.8 Å². The van der Waals surface area contributed by atoms with E-state index in [-0.39, 0.29) is 26.4 Å². The average Bonchev–Trinajstić information content (AvgIpc) is 3.15. The van der Waals surface area contributed by atoms with Gasteiger partial charge in [0.2, 0.25) is 0 Å². The Morgan fingerprint density at radius 3 is 2.28 bits per heavy atom. The number of carbonyl (C=O) groups is 1. The molecule has 4 rings (SSSR count). The lowest BCUT2D eigenvalue weighted by atomic mass is 10.2. The molecule has 3 aromatic carbocycles. The molecule has 0 bridgehead atoms. The fraction of sp³-hybridized carbons (Fsp3) is 0.143. The number of hydrogen-bond donors (Lipinski definition) is 1. The van der Waals surface area contributed by atoms with Crippen LogP contribution in [0.15, 0.2) is 82.8 Å².